The number of hydrogen-bond acceptors (Lipinski definition) is 3. The zero-order chi connectivity index (χ0) is 13.3. The standard InChI is InChI=1S/C12H19N5O/c1-7(2)5-11(18)13-9(4)12-14-10-6-8(3)15-17(10)16-12/h6-7,9,15H,5H2,1-4H3,(H,13,18). The number of aryl methyl sites for hydroxylation is 1. The molecule has 0 aromatic carbocycles. The quantitative estimate of drug-likeness (QED) is 0.864. The number of aromatic amines is 1. The van der Waals surface area contributed by atoms with Gasteiger partial charge in [0.25, 0.3) is 0 Å². The zero-order valence-electron chi connectivity index (χ0n) is 11.2. The van der Waals surface area contributed by atoms with Crippen LogP contribution in [-0.4, -0.2) is 25.7 Å². The number of rotatable bonds is 4. The maximum atomic E-state index is 11.7. The molecule has 0 aliphatic rings. The van der Waals surface area contributed by atoms with Gasteiger partial charge in [0, 0.05) is 18.2 Å². The molecular formula is C12H19N5O. The minimum Gasteiger partial charge on any atom is -0.346 e. The van der Waals surface area contributed by atoms with Crippen LogP contribution in [0, 0.1) is 12.8 Å². The van der Waals surface area contributed by atoms with Crippen LogP contribution in [0.25, 0.3) is 5.65 Å². The summed E-state index contributed by atoms with van der Waals surface area (Å²) in [6.07, 6.45) is 0.523. The molecule has 6 nitrogen and oxygen atoms in total. The minimum atomic E-state index is -0.176. The lowest BCUT2D eigenvalue weighted by atomic mass is 10.1. The SMILES string of the molecule is Cc1cc2nc(C(C)NC(=O)CC(C)C)nn2[nH]1. The molecule has 0 fully saturated rings. The topological polar surface area (TPSA) is 75.1 Å². The minimum absolute atomic E-state index is 0.0344. The number of amides is 1. The Morgan fingerprint density at radius 2 is 2.22 bits per heavy atom. The molecule has 0 aliphatic carbocycles. The first kappa shape index (κ1) is 12.6. The van der Waals surface area contributed by atoms with E-state index in [1.165, 1.54) is 0 Å². The van der Waals surface area contributed by atoms with Crippen LogP contribution in [0.2, 0.25) is 0 Å². The molecule has 2 N–H and O–H groups in total. The van der Waals surface area contributed by atoms with Crippen molar-refractivity contribution in [3.63, 3.8) is 0 Å². The molecule has 2 aromatic heterocycles. The van der Waals surface area contributed by atoms with E-state index in [1.807, 2.05) is 33.8 Å². The van der Waals surface area contributed by atoms with Crippen molar-refractivity contribution in [1.29, 1.82) is 0 Å². The fourth-order valence-electron chi connectivity index (χ4n) is 1.83. The van der Waals surface area contributed by atoms with Gasteiger partial charge >= 0.3 is 0 Å². The molecule has 0 bridgehead atoms. The summed E-state index contributed by atoms with van der Waals surface area (Å²) >= 11 is 0. The lowest BCUT2D eigenvalue weighted by molar-refractivity contribution is -0.122. The molecule has 1 amide bonds. The molecule has 0 spiro atoms. The average molecular weight is 249 g/mol. The van der Waals surface area contributed by atoms with Crippen molar-refractivity contribution in [2.45, 2.75) is 40.2 Å². The Bertz CT molecular complexity index is 522. The van der Waals surface area contributed by atoms with E-state index in [4.69, 9.17) is 0 Å². The van der Waals surface area contributed by atoms with E-state index in [0.717, 1.165) is 11.3 Å². The molecule has 1 atom stereocenters. The van der Waals surface area contributed by atoms with Crippen LogP contribution in [0.5, 0.6) is 0 Å². The van der Waals surface area contributed by atoms with Crippen LogP contribution in [0.15, 0.2) is 6.07 Å². The number of H-pyrrole nitrogens is 1. The second kappa shape index (κ2) is 4.80. The van der Waals surface area contributed by atoms with Gasteiger partial charge in [-0.05, 0) is 19.8 Å². The van der Waals surface area contributed by atoms with E-state index in [1.54, 1.807) is 4.63 Å². The third-order valence-electron chi connectivity index (χ3n) is 2.63. The van der Waals surface area contributed by atoms with E-state index in [-0.39, 0.29) is 11.9 Å². The highest BCUT2D eigenvalue weighted by atomic mass is 16.1. The van der Waals surface area contributed by atoms with Crippen molar-refractivity contribution in [3.8, 4) is 0 Å². The molecule has 1 unspecified atom stereocenters. The Kier molecular flexibility index (Phi) is 3.36. The smallest absolute Gasteiger partial charge is 0.220 e. The van der Waals surface area contributed by atoms with Crippen molar-refractivity contribution in [2.75, 3.05) is 0 Å². The molecule has 18 heavy (non-hydrogen) atoms. The second-order valence-electron chi connectivity index (χ2n) is 5.07. The van der Waals surface area contributed by atoms with Gasteiger partial charge in [0.1, 0.15) is 0 Å². The molecule has 0 saturated heterocycles. The first-order valence-electron chi connectivity index (χ1n) is 6.17. The van der Waals surface area contributed by atoms with Crippen molar-refractivity contribution >= 4 is 11.6 Å². The summed E-state index contributed by atoms with van der Waals surface area (Å²) in [6, 6.07) is 1.74. The van der Waals surface area contributed by atoms with Crippen LogP contribution >= 0.6 is 0 Å². The van der Waals surface area contributed by atoms with Gasteiger partial charge in [-0.2, -0.15) is 4.63 Å². The molecule has 0 saturated carbocycles. The first-order valence-corrected chi connectivity index (χ1v) is 6.17. The highest BCUT2D eigenvalue weighted by Gasteiger charge is 2.16. The van der Waals surface area contributed by atoms with Crippen molar-refractivity contribution in [3.05, 3.63) is 17.6 Å². The maximum Gasteiger partial charge on any atom is 0.220 e. The van der Waals surface area contributed by atoms with Crippen LogP contribution in [0.4, 0.5) is 0 Å². The highest BCUT2D eigenvalue weighted by molar-refractivity contribution is 5.76. The number of aromatic nitrogens is 4. The second-order valence-corrected chi connectivity index (χ2v) is 5.07. The Morgan fingerprint density at radius 3 is 2.83 bits per heavy atom. The summed E-state index contributed by atoms with van der Waals surface area (Å²) in [5.74, 6) is 1.01. The summed E-state index contributed by atoms with van der Waals surface area (Å²) in [7, 11) is 0. The molecule has 2 heterocycles. The first-order chi connectivity index (χ1) is 8.45. The van der Waals surface area contributed by atoms with Crippen LogP contribution in [-0.2, 0) is 4.79 Å². The molecule has 0 radical (unpaired) electrons. The van der Waals surface area contributed by atoms with E-state index >= 15 is 0 Å². The molecule has 98 valence electrons. The Hall–Kier alpha value is -1.85. The normalized spacial score (nSPS) is 13.2. The molecule has 2 aromatic rings. The van der Waals surface area contributed by atoms with Gasteiger partial charge in [-0.3, -0.25) is 9.89 Å². The van der Waals surface area contributed by atoms with Gasteiger partial charge in [0.15, 0.2) is 11.5 Å². The van der Waals surface area contributed by atoms with Crippen LogP contribution in [0.1, 0.15) is 44.8 Å². The zero-order valence-corrected chi connectivity index (χ0v) is 11.2. The van der Waals surface area contributed by atoms with Gasteiger partial charge in [-0.25, -0.2) is 4.98 Å². The van der Waals surface area contributed by atoms with Crippen molar-refractivity contribution in [1.82, 2.24) is 25.1 Å². The van der Waals surface area contributed by atoms with Gasteiger partial charge in [-0.15, -0.1) is 5.10 Å². The van der Waals surface area contributed by atoms with Gasteiger partial charge in [0.05, 0.1) is 6.04 Å². The maximum absolute atomic E-state index is 11.7. The number of hydrogen-bond donors (Lipinski definition) is 2. The van der Waals surface area contributed by atoms with E-state index in [9.17, 15) is 4.79 Å². The molecular weight excluding hydrogens is 230 g/mol. The Balaban J connectivity index is 2.06. The third kappa shape index (κ3) is 2.69. The monoisotopic (exact) mass is 249 g/mol. The average Bonchev–Trinajstić information content (AvgIpc) is 2.72. The van der Waals surface area contributed by atoms with E-state index < -0.39 is 0 Å². The van der Waals surface area contributed by atoms with Gasteiger partial charge in [-0.1, -0.05) is 13.8 Å². The predicted molar refractivity (Wildman–Crippen MR) is 68.1 cm³/mol. The number of carbonyl (C=O) groups is 1. The Morgan fingerprint density at radius 1 is 1.50 bits per heavy atom. The summed E-state index contributed by atoms with van der Waals surface area (Å²) in [5, 5.41) is 10.3. The fraction of sp³-hybridized carbons (Fsp3) is 0.583. The molecule has 6 heteroatoms. The van der Waals surface area contributed by atoms with Crippen LogP contribution in [0.3, 0.4) is 0 Å². The highest BCUT2D eigenvalue weighted by Crippen LogP contribution is 2.11. The molecule has 2 rings (SSSR count). The van der Waals surface area contributed by atoms with Gasteiger partial charge < -0.3 is 5.32 Å². The number of fused-ring (bicyclic) bond motifs is 1. The molecule has 0 aliphatic heterocycles. The lowest BCUT2D eigenvalue weighted by Gasteiger charge is -2.11. The van der Waals surface area contributed by atoms with Gasteiger partial charge in [0.2, 0.25) is 5.91 Å². The summed E-state index contributed by atoms with van der Waals surface area (Å²) in [6.45, 7) is 7.88. The number of nitrogens with zero attached hydrogens (tertiary/aromatic N) is 3. The number of nitrogens with one attached hydrogen (secondary N) is 2. The summed E-state index contributed by atoms with van der Waals surface area (Å²) in [4.78, 5) is 16.0. The van der Waals surface area contributed by atoms with Crippen molar-refractivity contribution in [2.24, 2.45) is 5.92 Å². The van der Waals surface area contributed by atoms with E-state index in [0.29, 0.717) is 18.2 Å². The Labute approximate surface area is 106 Å². The van der Waals surface area contributed by atoms with Crippen molar-refractivity contribution < 1.29 is 4.79 Å². The summed E-state index contributed by atoms with van der Waals surface area (Å²) < 4.78 is 1.62. The summed E-state index contributed by atoms with van der Waals surface area (Å²) in [5.41, 5.74) is 1.78. The van der Waals surface area contributed by atoms with E-state index in [2.05, 4.69) is 20.5 Å². The number of carbonyl (C=O) groups excluding carboxylic acids is 1. The predicted octanol–water partition coefficient (Wildman–Crippen LogP) is 1.59. The van der Waals surface area contributed by atoms with Crippen LogP contribution < -0.4 is 5.32 Å². The fourth-order valence-corrected chi connectivity index (χ4v) is 1.83. The largest absolute Gasteiger partial charge is 0.346 e. The lowest BCUT2D eigenvalue weighted by Crippen LogP contribution is -2.28. The third-order valence-corrected chi connectivity index (χ3v) is 2.63.